The molecule has 2 fully saturated rings. The van der Waals surface area contributed by atoms with Crippen molar-refractivity contribution in [3.05, 3.63) is 23.8 Å². The number of benzene rings is 1. The number of aryl methyl sites for hydroxylation is 1. The highest BCUT2D eigenvalue weighted by molar-refractivity contribution is 5.63. The lowest BCUT2D eigenvalue weighted by Crippen LogP contribution is -2.22. The van der Waals surface area contributed by atoms with Gasteiger partial charge in [0.1, 0.15) is 0 Å². The Kier molecular flexibility index (Phi) is 2.53. The summed E-state index contributed by atoms with van der Waals surface area (Å²) >= 11 is 0. The van der Waals surface area contributed by atoms with Gasteiger partial charge in [-0.25, -0.2) is 4.68 Å². The zero-order valence-electron chi connectivity index (χ0n) is 11.4. The Bertz CT molecular complexity index is 653. The van der Waals surface area contributed by atoms with Crippen molar-refractivity contribution in [2.24, 2.45) is 0 Å². The standard InChI is InChI=1S/C14H17N5O/c1-8-2-3-9(6-11(8)15)14-16-17-18-19(14)12-7-10-4-5-13(12)20-10/h2-3,6,10,12-13H,4-5,7,15H2,1H3. The van der Waals surface area contributed by atoms with Gasteiger partial charge in [0.05, 0.1) is 18.2 Å². The number of nitrogens with two attached hydrogens (primary N) is 1. The summed E-state index contributed by atoms with van der Waals surface area (Å²) in [6, 6.07) is 6.20. The third-order valence-corrected chi connectivity index (χ3v) is 4.42. The zero-order valence-corrected chi connectivity index (χ0v) is 11.4. The molecular formula is C14H17N5O. The van der Waals surface area contributed by atoms with E-state index in [0.29, 0.717) is 6.10 Å². The molecule has 2 bridgehead atoms. The number of rotatable bonds is 2. The van der Waals surface area contributed by atoms with Gasteiger partial charge in [-0.05, 0) is 48.2 Å². The van der Waals surface area contributed by atoms with E-state index in [4.69, 9.17) is 10.5 Å². The van der Waals surface area contributed by atoms with Gasteiger partial charge in [-0.1, -0.05) is 12.1 Å². The molecule has 104 valence electrons. The van der Waals surface area contributed by atoms with Crippen molar-refractivity contribution in [3.8, 4) is 11.4 Å². The lowest BCUT2D eigenvalue weighted by atomic mass is 9.95. The van der Waals surface area contributed by atoms with Crippen LogP contribution in [0.1, 0.15) is 30.9 Å². The highest BCUT2D eigenvalue weighted by Gasteiger charge is 2.43. The number of nitrogens with zero attached hydrogens (tertiary/aromatic N) is 4. The summed E-state index contributed by atoms with van der Waals surface area (Å²) in [5.41, 5.74) is 8.78. The SMILES string of the molecule is Cc1ccc(-c2nnnn2C2CC3CCC2O3)cc1N. The van der Waals surface area contributed by atoms with Crippen LogP contribution in [0.5, 0.6) is 0 Å². The second-order valence-electron chi connectivity index (χ2n) is 5.70. The molecule has 0 radical (unpaired) electrons. The molecule has 0 spiro atoms. The van der Waals surface area contributed by atoms with Crippen molar-refractivity contribution in [1.29, 1.82) is 0 Å². The molecule has 20 heavy (non-hydrogen) atoms. The third kappa shape index (κ3) is 1.71. The number of tetrazole rings is 1. The van der Waals surface area contributed by atoms with Gasteiger partial charge in [0.2, 0.25) is 0 Å². The molecule has 3 atom stereocenters. The highest BCUT2D eigenvalue weighted by Crippen LogP contribution is 2.42. The number of hydrogen-bond acceptors (Lipinski definition) is 5. The molecular weight excluding hydrogens is 254 g/mol. The van der Waals surface area contributed by atoms with Crippen LogP contribution in [0, 0.1) is 6.92 Å². The van der Waals surface area contributed by atoms with Gasteiger partial charge >= 0.3 is 0 Å². The first-order valence-electron chi connectivity index (χ1n) is 7.02. The summed E-state index contributed by atoms with van der Waals surface area (Å²) in [4.78, 5) is 0. The second-order valence-corrected chi connectivity index (χ2v) is 5.70. The van der Waals surface area contributed by atoms with E-state index in [0.717, 1.165) is 41.9 Å². The number of hydrogen-bond donors (Lipinski definition) is 1. The van der Waals surface area contributed by atoms with Crippen molar-refractivity contribution in [3.63, 3.8) is 0 Å². The molecule has 2 saturated heterocycles. The largest absolute Gasteiger partial charge is 0.398 e. The number of nitrogen functional groups attached to an aromatic ring is 1. The van der Waals surface area contributed by atoms with Crippen LogP contribution in [0.15, 0.2) is 18.2 Å². The van der Waals surface area contributed by atoms with E-state index < -0.39 is 0 Å². The summed E-state index contributed by atoms with van der Waals surface area (Å²) in [5, 5.41) is 12.2. The number of ether oxygens (including phenoxy) is 1. The predicted octanol–water partition coefficient (Wildman–Crippen LogP) is 1.72. The number of anilines is 1. The lowest BCUT2D eigenvalue weighted by molar-refractivity contribution is 0.0922. The Morgan fingerprint density at radius 2 is 2.25 bits per heavy atom. The Morgan fingerprint density at radius 3 is 2.95 bits per heavy atom. The van der Waals surface area contributed by atoms with Gasteiger partial charge in [-0.3, -0.25) is 0 Å². The number of aromatic nitrogens is 4. The van der Waals surface area contributed by atoms with Crippen LogP contribution in [0.2, 0.25) is 0 Å². The minimum atomic E-state index is 0.251. The van der Waals surface area contributed by atoms with E-state index in [1.807, 2.05) is 29.8 Å². The fourth-order valence-corrected chi connectivity index (χ4v) is 3.25. The van der Waals surface area contributed by atoms with Crippen LogP contribution in [0.4, 0.5) is 5.69 Å². The normalized spacial score (nSPS) is 28.1. The van der Waals surface area contributed by atoms with Gasteiger partial charge in [-0.15, -0.1) is 5.10 Å². The van der Waals surface area contributed by atoms with Crippen molar-refractivity contribution < 1.29 is 4.74 Å². The second kappa shape index (κ2) is 4.28. The molecule has 4 rings (SSSR count). The summed E-state index contributed by atoms with van der Waals surface area (Å²) in [7, 11) is 0. The van der Waals surface area contributed by atoms with Crippen molar-refractivity contribution in [2.45, 2.75) is 44.4 Å². The maximum Gasteiger partial charge on any atom is 0.182 e. The maximum atomic E-state index is 5.99. The summed E-state index contributed by atoms with van der Waals surface area (Å²) in [5.74, 6) is 0.776. The van der Waals surface area contributed by atoms with E-state index in [1.54, 1.807) is 0 Å². The topological polar surface area (TPSA) is 78.8 Å². The zero-order chi connectivity index (χ0) is 13.7. The summed E-state index contributed by atoms with van der Waals surface area (Å²) < 4.78 is 7.81. The van der Waals surface area contributed by atoms with Crippen LogP contribution in [0.25, 0.3) is 11.4 Å². The van der Waals surface area contributed by atoms with E-state index in [-0.39, 0.29) is 12.1 Å². The maximum absolute atomic E-state index is 5.99. The monoisotopic (exact) mass is 271 g/mol. The van der Waals surface area contributed by atoms with Crippen molar-refractivity contribution in [2.75, 3.05) is 5.73 Å². The fraction of sp³-hybridized carbons (Fsp3) is 0.500. The summed E-state index contributed by atoms with van der Waals surface area (Å²) in [6.45, 7) is 1.99. The molecule has 2 aliphatic rings. The average Bonchev–Trinajstić information content (AvgIpc) is 3.16. The molecule has 0 amide bonds. The molecule has 2 N–H and O–H groups in total. The minimum Gasteiger partial charge on any atom is -0.398 e. The number of fused-ring (bicyclic) bond motifs is 2. The molecule has 0 aliphatic carbocycles. The molecule has 3 unspecified atom stereocenters. The predicted molar refractivity (Wildman–Crippen MR) is 74.0 cm³/mol. The lowest BCUT2D eigenvalue weighted by Gasteiger charge is -2.19. The molecule has 1 aromatic carbocycles. The van der Waals surface area contributed by atoms with Crippen molar-refractivity contribution in [1.82, 2.24) is 20.2 Å². The molecule has 2 aliphatic heterocycles. The Labute approximate surface area is 116 Å². The average molecular weight is 271 g/mol. The van der Waals surface area contributed by atoms with Gasteiger partial charge in [0.25, 0.3) is 0 Å². The fourth-order valence-electron chi connectivity index (χ4n) is 3.25. The minimum absolute atomic E-state index is 0.251. The highest BCUT2D eigenvalue weighted by atomic mass is 16.5. The first-order chi connectivity index (χ1) is 9.72. The van der Waals surface area contributed by atoms with E-state index in [9.17, 15) is 0 Å². The van der Waals surface area contributed by atoms with Gasteiger partial charge in [0.15, 0.2) is 5.82 Å². The van der Waals surface area contributed by atoms with Crippen molar-refractivity contribution >= 4 is 5.69 Å². The van der Waals surface area contributed by atoms with E-state index in [2.05, 4.69) is 15.5 Å². The molecule has 6 heteroatoms. The van der Waals surface area contributed by atoms with Crippen LogP contribution in [-0.4, -0.2) is 32.4 Å². The van der Waals surface area contributed by atoms with Crippen LogP contribution in [-0.2, 0) is 4.74 Å². The summed E-state index contributed by atoms with van der Waals surface area (Å²) in [6.07, 6.45) is 3.90. The molecule has 3 heterocycles. The van der Waals surface area contributed by atoms with E-state index in [1.165, 1.54) is 0 Å². The van der Waals surface area contributed by atoms with Crippen LogP contribution in [0.3, 0.4) is 0 Å². The van der Waals surface area contributed by atoms with Crippen LogP contribution >= 0.6 is 0 Å². The Morgan fingerprint density at radius 1 is 1.35 bits per heavy atom. The molecule has 1 aromatic heterocycles. The Balaban J connectivity index is 1.73. The molecule has 6 nitrogen and oxygen atoms in total. The third-order valence-electron chi connectivity index (χ3n) is 4.42. The van der Waals surface area contributed by atoms with Gasteiger partial charge < -0.3 is 10.5 Å². The first-order valence-corrected chi connectivity index (χ1v) is 7.02. The smallest absolute Gasteiger partial charge is 0.182 e. The van der Waals surface area contributed by atoms with Crippen LogP contribution < -0.4 is 5.73 Å². The van der Waals surface area contributed by atoms with Gasteiger partial charge in [0, 0.05) is 11.3 Å². The Hall–Kier alpha value is -1.95. The molecule has 2 aromatic rings. The first kappa shape index (κ1) is 11.8. The van der Waals surface area contributed by atoms with E-state index >= 15 is 0 Å². The molecule has 0 saturated carbocycles. The van der Waals surface area contributed by atoms with Gasteiger partial charge in [-0.2, -0.15) is 0 Å². The quantitative estimate of drug-likeness (QED) is 0.841.